The van der Waals surface area contributed by atoms with Gasteiger partial charge >= 0.3 is 12.2 Å². The van der Waals surface area contributed by atoms with Crippen LogP contribution in [0, 0.1) is 0 Å². The van der Waals surface area contributed by atoms with Crippen molar-refractivity contribution in [1.82, 2.24) is 9.97 Å². The molecule has 0 saturated heterocycles. The predicted molar refractivity (Wildman–Crippen MR) is 190 cm³/mol. The van der Waals surface area contributed by atoms with Crippen LogP contribution in [0.4, 0.5) is 25.5 Å². The number of ether oxygens (including phenoxy) is 3. The van der Waals surface area contributed by atoms with Gasteiger partial charge in [-0.25, -0.2) is 14.6 Å². The standard InChI is InChI=1S/C35H35N5O7S2/c1-35(2,3)47-33(42)36-22-13-15-23(16-14-22)45-19-7-12-28-30(46-34(43)44)39-32(49-28)40-18-17-21-8-6-9-24(25(21)20-40)29(41)38-31-37-26-10-4-5-11-27(26)48-31/h4-6,8-11,13-16H,7,12,17-20H2,1-3H3,(H,36,42)(H,43,44)(H,37,38,41). The van der Waals surface area contributed by atoms with Gasteiger partial charge in [0, 0.05) is 24.3 Å². The third kappa shape index (κ3) is 8.64. The van der Waals surface area contributed by atoms with Crippen molar-refractivity contribution < 1.29 is 33.7 Å². The first-order valence-electron chi connectivity index (χ1n) is 15.7. The molecule has 254 valence electrons. The number of carbonyl (C=O) groups excluding carboxylic acids is 2. The molecule has 0 unspecified atom stereocenters. The fourth-order valence-corrected chi connectivity index (χ4v) is 7.22. The van der Waals surface area contributed by atoms with Gasteiger partial charge in [0.05, 0.1) is 21.7 Å². The lowest BCUT2D eigenvalue weighted by Crippen LogP contribution is -2.32. The summed E-state index contributed by atoms with van der Waals surface area (Å²) in [6, 6.07) is 20.4. The summed E-state index contributed by atoms with van der Waals surface area (Å²) in [6.45, 7) is 6.83. The lowest BCUT2D eigenvalue weighted by Gasteiger charge is -2.29. The molecule has 49 heavy (non-hydrogen) atoms. The Morgan fingerprint density at radius 3 is 2.51 bits per heavy atom. The van der Waals surface area contributed by atoms with Gasteiger partial charge in [-0.2, -0.15) is 4.98 Å². The minimum absolute atomic E-state index is 0.0535. The molecule has 2 aromatic heterocycles. The van der Waals surface area contributed by atoms with E-state index >= 15 is 0 Å². The van der Waals surface area contributed by atoms with Gasteiger partial charge in [0.15, 0.2) is 10.3 Å². The van der Waals surface area contributed by atoms with E-state index in [0.717, 1.165) is 21.3 Å². The number of carboxylic acid groups (broad SMARTS) is 1. The van der Waals surface area contributed by atoms with Gasteiger partial charge in [0.1, 0.15) is 11.4 Å². The van der Waals surface area contributed by atoms with Crippen molar-refractivity contribution in [3.63, 3.8) is 0 Å². The number of para-hydroxylation sites is 1. The Balaban J connectivity index is 1.08. The van der Waals surface area contributed by atoms with Crippen molar-refractivity contribution in [1.29, 1.82) is 0 Å². The van der Waals surface area contributed by atoms with Gasteiger partial charge in [-0.3, -0.25) is 15.4 Å². The number of aryl methyl sites for hydroxylation is 1. The number of hydrogen-bond acceptors (Lipinski definition) is 11. The van der Waals surface area contributed by atoms with Crippen molar-refractivity contribution >= 4 is 67.0 Å². The van der Waals surface area contributed by atoms with Gasteiger partial charge in [-0.1, -0.05) is 46.9 Å². The number of aromatic nitrogens is 2. The minimum atomic E-state index is -1.44. The Kier molecular flexibility index (Phi) is 9.97. The third-order valence-corrected chi connectivity index (χ3v) is 9.56. The van der Waals surface area contributed by atoms with Crippen LogP contribution in [0.5, 0.6) is 11.6 Å². The highest BCUT2D eigenvalue weighted by Crippen LogP contribution is 2.36. The average molecular weight is 702 g/mol. The number of rotatable bonds is 10. The maximum atomic E-state index is 13.4. The zero-order valence-corrected chi connectivity index (χ0v) is 28.8. The fraction of sp³-hybridized carbons (Fsp3) is 0.286. The largest absolute Gasteiger partial charge is 0.512 e. The molecule has 0 spiro atoms. The molecule has 6 rings (SSSR count). The van der Waals surface area contributed by atoms with Crippen molar-refractivity contribution in [3.8, 4) is 11.6 Å². The van der Waals surface area contributed by atoms with Gasteiger partial charge in [0.2, 0.25) is 5.88 Å². The van der Waals surface area contributed by atoms with E-state index in [2.05, 4.69) is 20.6 Å². The highest BCUT2D eigenvalue weighted by Gasteiger charge is 2.26. The number of carbonyl (C=O) groups is 3. The van der Waals surface area contributed by atoms with Gasteiger partial charge in [0.25, 0.3) is 5.91 Å². The molecule has 12 nitrogen and oxygen atoms in total. The fourth-order valence-electron chi connectivity index (χ4n) is 5.31. The summed E-state index contributed by atoms with van der Waals surface area (Å²) in [5, 5.41) is 16.2. The molecule has 1 aliphatic rings. The van der Waals surface area contributed by atoms with Crippen LogP contribution in [0.2, 0.25) is 0 Å². The number of benzene rings is 3. The Hall–Kier alpha value is -5.21. The molecule has 0 saturated carbocycles. The number of hydrogen-bond donors (Lipinski definition) is 3. The highest BCUT2D eigenvalue weighted by molar-refractivity contribution is 7.22. The Morgan fingerprint density at radius 2 is 1.76 bits per heavy atom. The normalized spacial score (nSPS) is 12.7. The summed E-state index contributed by atoms with van der Waals surface area (Å²) < 4.78 is 17.2. The molecule has 14 heteroatoms. The predicted octanol–water partition coefficient (Wildman–Crippen LogP) is 7.98. The second-order valence-electron chi connectivity index (χ2n) is 12.3. The first kappa shape index (κ1) is 33.7. The second kappa shape index (κ2) is 14.5. The van der Waals surface area contributed by atoms with Crippen LogP contribution in [-0.4, -0.2) is 52.0 Å². The molecule has 0 atom stereocenters. The first-order chi connectivity index (χ1) is 23.5. The molecular formula is C35H35N5O7S2. The van der Waals surface area contributed by atoms with E-state index in [1.54, 1.807) is 45.0 Å². The molecule has 3 N–H and O–H groups in total. The molecule has 0 fully saturated rings. The number of thiazole rings is 2. The van der Waals surface area contributed by atoms with Crippen LogP contribution in [0.15, 0.2) is 66.7 Å². The molecule has 5 aromatic rings. The van der Waals surface area contributed by atoms with Gasteiger partial charge in [-0.15, -0.1) is 0 Å². The SMILES string of the molecule is CC(C)(C)OC(=O)Nc1ccc(OCCCc2sc(N3CCc4cccc(C(=O)Nc5nc6ccccc6s5)c4C3)nc2OC(=O)O)cc1. The maximum Gasteiger partial charge on any atom is 0.512 e. The smallest absolute Gasteiger partial charge is 0.494 e. The van der Waals surface area contributed by atoms with Crippen LogP contribution < -0.4 is 25.0 Å². The minimum Gasteiger partial charge on any atom is -0.494 e. The van der Waals surface area contributed by atoms with E-state index in [-0.39, 0.29) is 11.8 Å². The Labute approximate surface area is 290 Å². The monoisotopic (exact) mass is 701 g/mol. The number of fused-ring (bicyclic) bond motifs is 2. The van der Waals surface area contributed by atoms with Crippen LogP contribution in [0.3, 0.4) is 0 Å². The van der Waals surface area contributed by atoms with Crippen LogP contribution >= 0.6 is 22.7 Å². The topological polar surface area (TPSA) is 152 Å². The van der Waals surface area contributed by atoms with Crippen molar-refractivity contribution in [2.24, 2.45) is 0 Å². The average Bonchev–Trinajstić information content (AvgIpc) is 3.65. The maximum absolute atomic E-state index is 13.4. The van der Waals surface area contributed by atoms with Crippen LogP contribution in [0.25, 0.3) is 10.2 Å². The lowest BCUT2D eigenvalue weighted by molar-refractivity contribution is 0.0635. The lowest BCUT2D eigenvalue weighted by atomic mass is 9.94. The summed E-state index contributed by atoms with van der Waals surface area (Å²) in [5.74, 6) is 0.441. The Bertz CT molecular complexity index is 1950. The van der Waals surface area contributed by atoms with E-state index in [4.69, 9.17) is 14.2 Å². The van der Waals surface area contributed by atoms with Crippen LogP contribution in [0.1, 0.15) is 53.6 Å². The quantitative estimate of drug-likeness (QED) is 0.0965. The zero-order chi connectivity index (χ0) is 34.5. The number of nitrogens with zero attached hydrogens (tertiary/aromatic N) is 3. The third-order valence-electron chi connectivity index (χ3n) is 7.45. The van der Waals surface area contributed by atoms with Crippen molar-refractivity contribution in [2.75, 3.05) is 28.7 Å². The highest BCUT2D eigenvalue weighted by atomic mass is 32.1. The molecular weight excluding hydrogens is 667 g/mol. The van der Waals surface area contributed by atoms with Crippen molar-refractivity contribution in [3.05, 3.63) is 88.3 Å². The van der Waals surface area contributed by atoms with Gasteiger partial charge < -0.3 is 24.2 Å². The van der Waals surface area contributed by atoms with Gasteiger partial charge in [-0.05, 0) is 93.6 Å². The van der Waals surface area contributed by atoms with E-state index < -0.39 is 17.8 Å². The molecule has 0 radical (unpaired) electrons. The van der Waals surface area contributed by atoms with Crippen molar-refractivity contribution in [2.45, 2.75) is 52.2 Å². The van der Waals surface area contributed by atoms with E-state index in [9.17, 15) is 19.5 Å². The number of nitrogens with one attached hydrogen (secondary N) is 2. The molecule has 3 heterocycles. The summed E-state index contributed by atoms with van der Waals surface area (Å²) >= 11 is 2.79. The summed E-state index contributed by atoms with van der Waals surface area (Å²) in [7, 11) is 0. The van der Waals surface area contributed by atoms with E-state index in [1.807, 2.05) is 47.4 Å². The Morgan fingerprint density at radius 1 is 0.959 bits per heavy atom. The van der Waals surface area contributed by atoms with E-state index in [0.29, 0.717) is 71.1 Å². The molecule has 3 aromatic carbocycles. The number of amides is 2. The molecule has 2 amide bonds. The summed E-state index contributed by atoms with van der Waals surface area (Å²) in [6.07, 6.45) is -0.216. The second-order valence-corrected chi connectivity index (χ2v) is 14.3. The molecule has 0 bridgehead atoms. The molecule has 1 aliphatic heterocycles. The van der Waals surface area contributed by atoms with E-state index in [1.165, 1.54) is 22.7 Å². The number of anilines is 3. The summed E-state index contributed by atoms with van der Waals surface area (Å²) in [5.41, 5.74) is 3.35. The zero-order valence-electron chi connectivity index (χ0n) is 27.1. The molecule has 0 aliphatic carbocycles. The first-order valence-corrected chi connectivity index (χ1v) is 17.3. The van der Waals surface area contributed by atoms with Crippen LogP contribution in [-0.2, 0) is 24.1 Å². The summed E-state index contributed by atoms with van der Waals surface area (Å²) in [4.78, 5) is 48.8.